The first-order valence-corrected chi connectivity index (χ1v) is 6.51. The fourth-order valence-corrected chi connectivity index (χ4v) is 2.36. The number of H-pyrrole nitrogens is 1. The molecule has 0 aliphatic carbocycles. The number of benzene rings is 2. The molecule has 1 heterocycles. The fraction of sp³-hybridized carbons (Fsp3) is 0.125. The van der Waals surface area contributed by atoms with E-state index >= 15 is 0 Å². The Morgan fingerprint density at radius 2 is 1.78 bits per heavy atom. The average molecular weight is 256 g/mol. The van der Waals surface area contributed by atoms with E-state index in [-0.39, 0.29) is 0 Å². The average Bonchev–Trinajstić information content (AvgIpc) is 2.81. The summed E-state index contributed by atoms with van der Waals surface area (Å²) in [5.74, 6) is 0. The van der Waals surface area contributed by atoms with Crippen LogP contribution in [-0.2, 0) is 6.42 Å². The summed E-state index contributed by atoms with van der Waals surface area (Å²) in [6.45, 7) is 2.17. The lowest BCUT2D eigenvalue weighted by Gasteiger charge is -1.99. The summed E-state index contributed by atoms with van der Waals surface area (Å²) in [4.78, 5) is 3.42. The van der Waals surface area contributed by atoms with Gasteiger partial charge in [0.15, 0.2) is 0 Å². The van der Waals surface area contributed by atoms with Gasteiger partial charge in [-0.25, -0.2) is 0 Å². The molecular formula is C16H14ClN. The largest absolute Gasteiger partial charge is 0.355 e. The molecule has 0 saturated carbocycles. The van der Waals surface area contributed by atoms with Crippen LogP contribution in [0.5, 0.6) is 0 Å². The molecule has 2 aromatic carbocycles. The maximum absolute atomic E-state index is 6.00. The quantitative estimate of drug-likeness (QED) is 0.659. The van der Waals surface area contributed by atoms with Crippen LogP contribution in [0.25, 0.3) is 22.2 Å². The van der Waals surface area contributed by atoms with E-state index in [2.05, 4.69) is 42.2 Å². The van der Waals surface area contributed by atoms with Crippen LogP contribution in [0.2, 0.25) is 5.02 Å². The highest BCUT2D eigenvalue weighted by atomic mass is 35.5. The Kier molecular flexibility index (Phi) is 2.85. The molecule has 3 aromatic rings. The van der Waals surface area contributed by atoms with Crippen molar-refractivity contribution in [3.05, 3.63) is 59.1 Å². The predicted octanol–water partition coefficient (Wildman–Crippen LogP) is 5.05. The lowest BCUT2D eigenvalue weighted by Crippen LogP contribution is -1.81. The maximum Gasteiger partial charge on any atom is 0.0464 e. The summed E-state index contributed by atoms with van der Waals surface area (Å²) in [7, 11) is 0. The van der Waals surface area contributed by atoms with Crippen LogP contribution in [0.1, 0.15) is 12.5 Å². The molecule has 18 heavy (non-hydrogen) atoms. The highest BCUT2D eigenvalue weighted by Crippen LogP contribution is 2.26. The van der Waals surface area contributed by atoms with Crippen molar-refractivity contribution in [3.63, 3.8) is 0 Å². The van der Waals surface area contributed by atoms with Crippen molar-refractivity contribution >= 4 is 22.5 Å². The molecule has 0 bridgehead atoms. The van der Waals surface area contributed by atoms with Crippen molar-refractivity contribution in [1.29, 1.82) is 0 Å². The highest BCUT2D eigenvalue weighted by molar-refractivity contribution is 6.31. The Bertz CT molecular complexity index is 680. The van der Waals surface area contributed by atoms with E-state index in [9.17, 15) is 0 Å². The first kappa shape index (κ1) is 11.4. The van der Waals surface area contributed by atoms with Gasteiger partial charge in [0.1, 0.15) is 0 Å². The van der Waals surface area contributed by atoms with E-state index in [1.54, 1.807) is 0 Å². The second kappa shape index (κ2) is 4.51. The molecule has 0 saturated heterocycles. The molecule has 3 rings (SSSR count). The smallest absolute Gasteiger partial charge is 0.0464 e. The molecule has 1 aromatic heterocycles. The fourth-order valence-electron chi connectivity index (χ4n) is 2.18. The van der Waals surface area contributed by atoms with Crippen LogP contribution in [0.3, 0.4) is 0 Å². The summed E-state index contributed by atoms with van der Waals surface area (Å²) < 4.78 is 0. The molecule has 0 atom stereocenters. The van der Waals surface area contributed by atoms with Crippen molar-refractivity contribution in [3.8, 4) is 11.3 Å². The Morgan fingerprint density at radius 3 is 2.50 bits per heavy atom. The zero-order valence-electron chi connectivity index (χ0n) is 10.2. The van der Waals surface area contributed by atoms with Gasteiger partial charge in [-0.1, -0.05) is 42.8 Å². The molecule has 0 amide bonds. The highest BCUT2D eigenvalue weighted by Gasteiger charge is 2.03. The van der Waals surface area contributed by atoms with E-state index in [1.807, 2.05) is 18.2 Å². The third kappa shape index (κ3) is 2.02. The first-order chi connectivity index (χ1) is 8.76. The molecule has 90 valence electrons. The number of hydrogen-bond acceptors (Lipinski definition) is 0. The van der Waals surface area contributed by atoms with Crippen LogP contribution in [0.4, 0.5) is 0 Å². The van der Waals surface area contributed by atoms with E-state index in [1.165, 1.54) is 11.1 Å². The van der Waals surface area contributed by atoms with E-state index in [0.29, 0.717) is 0 Å². The summed E-state index contributed by atoms with van der Waals surface area (Å²) in [5, 5.41) is 1.92. The van der Waals surface area contributed by atoms with E-state index in [0.717, 1.165) is 28.0 Å². The molecule has 0 spiro atoms. The number of aromatic amines is 1. The molecule has 0 aliphatic rings. The number of rotatable bonds is 2. The van der Waals surface area contributed by atoms with Gasteiger partial charge in [0.2, 0.25) is 0 Å². The van der Waals surface area contributed by atoms with Crippen molar-refractivity contribution in [2.75, 3.05) is 0 Å². The maximum atomic E-state index is 6.00. The molecule has 1 N–H and O–H groups in total. The number of fused-ring (bicyclic) bond motifs is 1. The monoisotopic (exact) mass is 255 g/mol. The number of hydrogen-bond donors (Lipinski definition) is 1. The third-order valence-electron chi connectivity index (χ3n) is 3.26. The van der Waals surface area contributed by atoms with Gasteiger partial charge in [0.05, 0.1) is 0 Å². The molecule has 0 radical (unpaired) electrons. The van der Waals surface area contributed by atoms with Crippen LogP contribution < -0.4 is 0 Å². The van der Waals surface area contributed by atoms with Gasteiger partial charge >= 0.3 is 0 Å². The molecule has 2 heteroatoms. The number of aryl methyl sites for hydroxylation is 1. The van der Waals surface area contributed by atoms with Gasteiger partial charge in [0.25, 0.3) is 0 Å². The van der Waals surface area contributed by atoms with Gasteiger partial charge in [-0.3, -0.25) is 0 Å². The van der Waals surface area contributed by atoms with Crippen molar-refractivity contribution < 1.29 is 0 Å². The predicted molar refractivity (Wildman–Crippen MR) is 78.1 cm³/mol. The van der Waals surface area contributed by atoms with Crippen molar-refractivity contribution in [2.24, 2.45) is 0 Å². The number of nitrogens with one attached hydrogen (secondary N) is 1. The number of aromatic nitrogens is 1. The first-order valence-electron chi connectivity index (χ1n) is 6.14. The van der Waals surface area contributed by atoms with Crippen LogP contribution in [0, 0.1) is 0 Å². The Hall–Kier alpha value is -1.73. The molecule has 0 fully saturated rings. The second-order valence-corrected chi connectivity index (χ2v) is 4.90. The lowest BCUT2D eigenvalue weighted by atomic mass is 10.1. The van der Waals surface area contributed by atoms with Gasteiger partial charge < -0.3 is 4.98 Å². The van der Waals surface area contributed by atoms with Gasteiger partial charge in [0, 0.05) is 21.6 Å². The zero-order valence-corrected chi connectivity index (χ0v) is 11.0. The molecule has 0 aliphatic heterocycles. The van der Waals surface area contributed by atoms with Gasteiger partial charge in [-0.05, 0) is 41.8 Å². The minimum absolute atomic E-state index is 0.773. The number of halogens is 1. The summed E-state index contributed by atoms with van der Waals surface area (Å²) in [6.07, 6.45) is 1.07. The summed E-state index contributed by atoms with van der Waals surface area (Å²) in [6, 6.07) is 16.7. The van der Waals surface area contributed by atoms with E-state index < -0.39 is 0 Å². The Balaban J connectivity index is 2.07. The topological polar surface area (TPSA) is 15.8 Å². The molecule has 1 nitrogen and oxygen atoms in total. The minimum atomic E-state index is 0.773. The van der Waals surface area contributed by atoms with Crippen molar-refractivity contribution in [1.82, 2.24) is 4.98 Å². The minimum Gasteiger partial charge on any atom is -0.355 e. The summed E-state index contributed by atoms with van der Waals surface area (Å²) in [5.41, 5.74) is 4.82. The van der Waals surface area contributed by atoms with Crippen LogP contribution in [0.15, 0.2) is 48.5 Å². The molecular weight excluding hydrogens is 242 g/mol. The Labute approximate surface area is 111 Å². The zero-order chi connectivity index (χ0) is 12.5. The van der Waals surface area contributed by atoms with Crippen LogP contribution in [-0.4, -0.2) is 4.98 Å². The third-order valence-corrected chi connectivity index (χ3v) is 3.49. The normalized spacial score (nSPS) is 11.0. The molecule has 0 unspecified atom stereocenters. The standard InChI is InChI=1S/C16H14ClN/c1-2-11-3-5-12(6-4-11)16-10-13-9-14(17)7-8-15(13)18-16/h3-10,18H,2H2,1H3. The Morgan fingerprint density at radius 1 is 1.00 bits per heavy atom. The SMILES string of the molecule is CCc1ccc(-c2cc3cc(Cl)ccc3[nH]2)cc1. The lowest BCUT2D eigenvalue weighted by molar-refractivity contribution is 1.14. The summed E-state index contributed by atoms with van der Waals surface area (Å²) >= 11 is 6.00. The van der Waals surface area contributed by atoms with Gasteiger partial charge in [-0.2, -0.15) is 0 Å². The van der Waals surface area contributed by atoms with Crippen molar-refractivity contribution in [2.45, 2.75) is 13.3 Å². The van der Waals surface area contributed by atoms with E-state index in [4.69, 9.17) is 11.6 Å². The second-order valence-electron chi connectivity index (χ2n) is 4.47. The van der Waals surface area contributed by atoms with Crippen LogP contribution >= 0.6 is 11.6 Å². The van der Waals surface area contributed by atoms with Gasteiger partial charge in [-0.15, -0.1) is 0 Å².